The van der Waals surface area contributed by atoms with Crippen molar-refractivity contribution in [2.45, 2.75) is 71.6 Å². The third-order valence-electron chi connectivity index (χ3n) is 4.53. The molecule has 0 saturated carbocycles. The third-order valence-corrected chi connectivity index (χ3v) is 4.53. The maximum Gasteiger partial charge on any atom is 0.330 e. The predicted octanol–water partition coefficient (Wildman–Crippen LogP) is 5.54. The summed E-state index contributed by atoms with van der Waals surface area (Å²) < 4.78 is 16.4. The number of aliphatic hydroxyl groups is 1. The first-order chi connectivity index (χ1) is 14.2. The molecule has 1 N–H and O–H groups in total. The van der Waals surface area contributed by atoms with Crippen LogP contribution in [0.2, 0.25) is 0 Å². The van der Waals surface area contributed by atoms with E-state index >= 15 is 0 Å². The van der Waals surface area contributed by atoms with Crippen LogP contribution in [0.25, 0.3) is 6.08 Å². The summed E-state index contributed by atoms with van der Waals surface area (Å²) in [6.45, 7) is 5.76. The molecule has 0 aliphatic heterocycles. The SMILES string of the molecule is CCOc1ccc(C=CC(=O)OCCCCCCCCCCCO)cc1OCC. The molecule has 1 rings (SSSR count). The zero-order chi connectivity index (χ0) is 21.2. The Morgan fingerprint density at radius 3 is 2.07 bits per heavy atom. The summed E-state index contributed by atoms with van der Waals surface area (Å²) in [6.07, 6.45) is 13.4. The second kappa shape index (κ2) is 16.9. The topological polar surface area (TPSA) is 65.0 Å². The summed E-state index contributed by atoms with van der Waals surface area (Å²) in [5, 5.41) is 8.73. The summed E-state index contributed by atoms with van der Waals surface area (Å²) in [5.74, 6) is 1.07. The van der Waals surface area contributed by atoms with Crippen LogP contribution in [0.1, 0.15) is 77.2 Å². The van der Waals surface area contributed by atoms with Crippen LogP contribution in [0, 0.1) is 0 Å². The van der Waals surface area contributed by atoms with E-state index in [1.165, 1.54) is 38.2 Å². The maximum atomic E-state index is 11.9. The molecule has 5 heteroatoms. The number of hydrogen-bond donors (Lipinski definition) is 1. The number of ether oxygens (including phenoxy) is 3. The van der Waals surface area contributed by atoms with Gasteiger partial charge in [0.25, 0.3) is 0 Å². The van der Waals surface area contributed by atoms with Crippen LogP contribution < -0.4 is 9.47 Å². The van der Waals surface area contributed by atoms with Gasteiger partial charge in [0.1, 0.15) is 0 Å². The van der Waals surface area contributed by atoms with Gasteiger partial charge in [-0.05, 0) is 50.5 Å². The van der Waals surface area contributed by atoms with Crippen molar-refractivity contribution in [1.82, 2.24) is 0 Å². The van der Waals surface area contributed by atoms with E-state index in [1.807, 2.05) is 32.0 Å². The highest BCUT2D eigenvalue weighted by Gasteiger charge is 2.05. The molecule has 0 amide bonds. The average molecular weight is 407 g/mol. The number of rotatable bonds is 17. The lowest BCUT2D eigenvalue weighted by molar-refractivity contribution is -0.137. The molecule has 0 fully saturated rings. The van der Waals surface area contributed by atoms with E-state index in [0.29, 0.717) is 37.9 Å². The third kappa shape index (κ3) is 12.2. The van der Waals surface area contributed by atoms with E-state index in [9.17, 15) is 4.79 Å². The number of esters is 1. The molecule has 1 aromatic carbocycles. The van der Waals surface area contributed by atoms with E-state index in [4.69, 9.17) is 19.3 Å². The van der Waals surface area contributed by atoms with Gasteiger partial charge in [0, 0.05) is 12.7 Å². The molecule has 0 aromatic heterocycles. The lowest BCUT2D eigenvalue weighted by atomic mass is 10.1. The Kier molecular flexibility index (Phi) is 14.6. The minimum atomic E-state index is -0.319. The van der Waals surface area contributed by atoms with Crippen molar-refractivity contribution in [2.24, 2.45) is 0 Å². The van der Waals surface area contributed by atoms with Crippen LogP contribution in [-0.4, -0.2) is 37.5 Å². The van der Waals surface area contributed by atoms with Gasteiger partial charge in [-0.15, -0.1) is 0 Å². The normalized spacial score (nSPS) is 11.0. The lowest BCUT2D eigenvalue weighted by Crippen LogP contribution is -2.02. The van der Waals surface area contributed by atoms with Crippen LogP contribution in [0.5, 0.6) is 11.5 Å². The van der Waals surface area contributed by atoms with Crippen LogP contribution in [0.4, 0.5) is 0 Å². The van der Waals surface area contributed by atoms with Crippen molar-refractivity contribution in [3.05, 3.63) is 29.8 Å². The number of aliphatic hydroxyl groups excluding tert-OH is 1. The minimum Gasteiger partial charge on any atom is -0.490 e. The van der Waals surface area contributed by atoms with Gasteiger partial charge >= 0.3 is 5.97 Å². The Labute approximate surface area is 176 Å². The highest BCUT2D eigenvalue weighted by molar-refractivity contribution is 5.87. The predicted molar refractivity (Wildman–Crippen MR) is 117 cm³/mol. The Bertz CT molecular complexity index is 583. The Morgan fingerprint density at radius 1 is 0.862 bits per heavy atom. The molecular formula is C24H38O5. The molecule has 29 heavy (non-hydrogen) atoms. The van der Waals surface area contributed by atoms with Gasteiger partial charge in [0.2, 0.25) is 0 Å². The fourth-order valence-electron chi connectivity index (χ4n) is 3.01. The summed E-state index contributed by atoms with van der Waals surface area (Å²) in [4.78, 5) is 11.9. The van der Waals surface area contributed by atoms with Crippen molar-refractivity contribution in [3.8, 4) is 11.5 Å². The van der Waals surface area contributed by atoms with Gasteiger partial charge < -0.3 is 19.3 Å². The number of hydrogen-bond acceptors (Lipinski definition) is 5. The van der Waals surface area contributed by atoms with Crippen LogP contribution >= 0.6 is 0 Å². The van der Waals surface area contributed by atoms with Crippen molar-refractivity contribution in [1.29, 1.82) is 0 Å². The van der Waals surface area contributed by atoms with Crippen molar-refractivity contribution in [3.63, 3.8) is 0 Å². The number of carbonyl (C=O) groups is 1. The minimum absolute atomic E-state index is 0.308. The highest BCUT2D eigenvalue weighted by atomic mass is 16.5. The smallest absolute Gasteiger partial charge is 0.330 e. The standard InChI is InChI=1S/C24H38O5/c1-3-27-22-16-14-21(20-23(22)28-4-2)15-17-24(26)29-19-13-11-9-7-5-6-8-10-12-18-25/h14-17,20,25H,3-13,18-19H2,1-2H3. The average Bonchev–Trinajstić information content (AvgIpc) is 2.72. The zero-order valence-corrected chi connectivity index (χ0v) is 18.2. The molecule has 0 unspecified atom stereocenters. The first-order valence-electron chi connectivity index (χ1n) is 11.1. The van der Waals surface area contributed by atoms with Gasteiger partial charge in [-0.3, -0.25) is 0 Å². The monoisotopic (exact) mass is 406 g/mol. The van der Waals surface area contributed by atoms with Gasteiger partial charge in [0.15, 0.2) is 11.5 Å². The molecule has 0 aliphatic rings. The van der Waals surface area contributed by atoms with Crippen LogP contribution in [0.3, 0.4) is 0 Å². The molecule has 0 radical (unpaired) electrons. The quantitative estimate of drug-likeness (QED) is 0.209. The van der Waals surface area contributed by atoms with Gasteiger partial charge in [-0.1, -0.05) is 51.0 Å². The molecule has 0 aliphatic carbocycles. The fraction of sp³-hybridized carbons (Fsp3) is 0.625. The molecule has 164 valence electrons. The maximum absolute atomic E-state index is 11.9. The molecule has 1 aromatic rings. The zero-order valence-electron chi connectivity index (χ0n) is 18.2. The van der Waals surface area contributed by atoms with E-state index in [1.54, 1.807) is 6.08 Å². The van der Waals surface area contributed by atoms with Crippen LogP contribution in [-0.2, 0) is 9.53 Å². The van der Waals surface area contributed by atoms with E-state index < -0.39 is 0 Å². The van der Waals surface area contributed by atoms with E-state index in [2.05, 4.69) is 0 Å². The summed E-state index contributed by atoms with van der Waals surface area (Å²) in [6, 6.07) is 5.61. The van der Waals surface area contributed by atoms with Crippen LogP contribution in [0.15, 0.2) is 24.3 Å². The molecule has 0 atom stereocenters. The molecular weight excluding hydrogens is 368 g/mol. The second-order valence-corrected chi connectivity index (χ2v) is 6.98. The van der Waals surface area contributed by atoms with Crippen molar-refractivity contribution in [2.75, 3.05) is 26.4 Å². The number of carbonyl (C=O) groups excluding carboxylic acids is 1. The van der Waals surface area contributed by atoms with Crippen molar-refractivity contribution >= 4 is 12.0 Å². The van der Waals surface area contributed by atoms with E-state index in [0.717, 1.165) is 31.2 Å². The molecule has 5 nitrogen and oxygen atoms in total. The molecule has 0 saturated heterocycles. The summed E-state index contributed by atoms with van der Waals surface area (Å²) in [7, 11) is 0. The highest BCUT2D eigenvalue weighted by Crippen LogP contribution is 2.29. The second-order valence-electron chi connectivity index (χ2n) is 6.98. The largest absolute Gasteiger partial charge is 0.490 e. The number of benzene rings is 1. The fourth-order valence-corrected chi connectivity index (χ4v) is 3.01. The Balaban J connectivity index is 2.19. The summed E-state index contributed by atoms with van der Waals surface area (Å²) >= 11 is 0. The van der Waals surface area contributed by atoms with Gasteiger partial charge in [0.05, 0.1) is 19.8 Å². The van der Waals surface area contributed by atoms with E-state index in [-0.39, 0.29) is 5.97 Å². The molecule has 0 heterocycles. The number of unbranched alkanes of at least 4 members (excludes halogenated alkanes) is 8. The molecule has 0 spiro atoms. The van der Waals surface area contributed by atoms with Crippen molar-refractivity contribution < 1.29 is 24.1 Å². The first-order valence-corrected chi connectivity index (χ1v) is 11.1. The first kappa shape index (κ1) is 25.0. The lowest BCUT2D eigenvalue weighted by Gasteiger charge is -2.11. The van der Waals surface area contributed by atoms with Gasteiger partial charge in [-0.25, -0.2) is 4.79 Å². The Hall–Kier alpha value is -2.01. The Morgan fingerprint density at radius 2 is 1.45 bits per heavy atom. The van der Waals surface area contributed by atoms with Gasteiger partial charge in [-0.2, -0.15) is 0 Å². The summed E-state index contributed by atoms with van der Waals surface area (Å²) in [5.41, 5.74) is 0.868. The molecule has 0 bridgehead atoms.